The Bertz CT molecular complexity index is 584. The normalized spacial score (nSPS) is 27.9. The summed E-state index contributed by atoms with van der Waals surface area (Å²) in [5, 5.41) is 3.70. The Labute approximate surface area is 126 Å². The smallest absolute Gasteiger partial charge is 0.134 e. The molecule has 3 heteroatoms. The molecule has 0 radical (unpaired) electrons. The van der Waals surface area contributed by atoms with Crippen LogP contribution >= 0.6 is 0 Å². The Hall–Kier alpha value is -1.58. The number of hydrogen-bond donors (Lipinski definition) is 1. The first-order valence-electron chi connectivity index (χ1n) is 7.98. The van der Waals surface area contributed by atoms with Crippen LogP contribution in [0.5, 0.6) is 0 Å². The third-order valence-corrected chi connectivity index (χ3v) is 4.91. The fourth-order valence-electron chi connectivity index (χ4n) is 3.66. The molecule has 0 spiro atoms. The standard InChI is InChI=1S/C18H22N2O/c1-2-4-15(5-3-1)18-7-6-16(21-18)12-19-17-13-20-10-8-14(17)9-11-20/h1-7,14,17,19H,8-13H2. The largest absolute Gasteiger partial charge is 0.460 e. The van der Waals surface area contributed by atoms with Crippen molar-refractivity contribution in [1.29, 1.82) is 0 Å². The average molecular weight is 282 g/mol. The van der Waals surface area contributed by atoms with Gasteiger partial charge < -0.3 is 14.6 Å². The molecular formula is C18H22N2O. The molecule has 0 amide bonds. The molecule has 3 nitrogen and oxygen atoms in total. The van der Waals surface area contributed by atoms with Crippen LogP contribution in [-0.4, -0.2) is 30.6 Å². The van der Waals surface area contributed by atoms with Gasteiger partial charge in [0.25, 0.3) is 0 Å². The maximum Gasteiger partial charge on any atom is 0.134 e. The summed E-state index contributed by atoms with van der Waals surface area (Å²) in [6.07, 6.45) is 2.70. The highest BCUT2D eigenvalue weighted by atomic mass is 16.3. The molecule has 2 aromatic rings. The van der Waals surface area contributed by atoms with E-state index in [0.29, 0.717) is 6.04 Å². The molecule has 1 atom stereocenters. The third-order valence-electron chi connectivity index (χ3n) is 4.91. The number of nitrogens with one attached hydrogen (secondary N) is 1. The van der Waals surface area contributed by atoms with Gasteiger partial charge in [-0.1, -0.05) is 30.3 Å². The van der Waals surface area contributed by atoms with Crippen LogP contribution in [0.15, 0.2) is 46.9 Å². The van der Waals surface area contributed by atoms with Gasteiger partial charge in [-0.15, -0.1) is 0 Å². The minimum absolute atomic E-state index is 0.637. The predicted molar refractivity (Wildman–Crippen MR) is 83.9 cm³/mol. The summed E-state index contributed by atoms with van der Waals surface area (Å²) in [7, 11) is 0. The second-order valence-corrected chi connectivity index (χ2v) is 6.26. The summed E-state index contributed by atoms with van der Waals surface area (Å²) >= 11 is 0. The fourth-order valence-corrected chi connectivity index (χ4v) is 3.66. The molecule has 4 heterocycles. The predicted octanol–water partition coefficient (Wildman–Crippen LogP) is 3.13. The van der Waals surface area contributed by atoms with Gasteiger partial charge in [-0.2, -0.15) is 0 Å². The zero-order valence-electron chi connectivity index (χ0n) is 12.3. The van der Waals surface area contributed by atoms with Gasteiger partial charge in [-0.3, -0.25) is 0 Å². The number of fused-ring (bicyclic) bond motifs is 3. The zero-order chi connectivity index (χ0) is 14.1. The fraction of sp³-hybridized carbons (Fsp3) is 0.444. The number of furan rings is 1. The number of hydrogen-bond acceptors (Lipinski definition) is 3. The van der Waals surface area contributed by atoms with Gasteiger partial charge in [0, 0.05) is 18.2 Å². The lowest BCUT2D eigenvalue weighted by Crippen LogP contribution is -2.55. The quantitative estimate of drug-likeness (QED) is 0.934. The molecule has 21 heavy (non-hydrogen) atoms. The highest BCUT2D eigenvalue weighted by Crippen LogP contribution is 2.28. The van der Waals surface area contributed by atoms with E-state index in [1.165, 1.54) is 32.5 Å². The molecule has 1 aromatic carbocycles. The van der Waals surface area contributed by atoms with Gasteiger partial charge in [-0.25, -0.2) is 0 Å². The topological polar surface area (TPSA) is 28.4 Å². The van der Waals surface area contributed by atoms with Crippen molar-refractivity contribution in [1.82, 2.24) is 10.2 Å². The lowest BCUT2D eigenvalue weighted by molar-refractivity contribution is 0.0711. The van der Waals surface area contributed by atoms with Crippen LogP contribution in [0.4, 0.5) is 0 Å². The summed E-state index contributed by atoms with van der Waals surface area (Å²) in [5.74, 6) is 2.85. The van der Waals surface area contributed by atoms with Crippen molar-refractivity contribution >= 4 is 0 Å². The summed E-state index contributed by atoms with van der Waals surface area (Å²) < 4.78 is 5.96. The van der Waals surface area contributed by atoms with Crippen molar-refractivity contribution < 1.29 is 4.42 Å². The maximum absolute atomic E-state index is 5.96. The van der Waals surface area contributed by atoms with E-state index in [9.17, 15) is 0 Å². The van der Waals surface area contributed by atoms with E-state index < -0.39 is 0 Å². The molecule has 2 bridgehead atoms. The van der Waals surface area contributed by atoms with E-state index in [1.54, 1.807) is 0 Å². The lowest BCUT2D eigenvalue weighted by atomic mass is 9.84. The number of benzene rings is 1. The highest BCUT2D eigenvalue weighted by molar-refractivity contribution is 5.57. The van der Waals surface area contributed by atoms with Crippen LogP contribution in [0.2, 0.25) is 0 Å². The number of piperidine rings is 3. The molecule has 3 aliphatic rings. The molecule has 1 unspecified atom stereocenters. The van der Waals surface area contributed by atoms with E-state index in [4.69, 9.17) is 4.42 Å². The second-order valence-electron chi connectivity index (χ2n) is 6.26. The van der Waals surface area contributed by atoms with E-state index in [1.807, 2.05) is 18.2 Å². The van der Waals surface area contributed by atoms with E-state index in [0.717, 1.165) is 29.5 Å². The minimum Gasteiger partial charge on any atom is -0.460 e. The maximum atomic E-state index is 5.96. The monoisotopic (exact) mass is 282 g/mol. The van der Waals surface area contributed by atoms with Crippen LogP contribution < -0.4 is 5.32 Å². The molecule has 0 aliphatic carbocycles. The second kappa shape index (κ2) is 5.66. The summed E-state index contributed by atoms with van der Waals surface area (Å²) in [5.41, 5.74) is 1.14. The molecule has 1 aromatic heterocycles. The van der Waals surface area contributed by atoms with Crippen molar-refractivity contribution in [3.63, 3.8) is 0 Å². The van der Waals surface area contributed by atoms with Gasteiger partial charge in [0.2, 0.25) is 0 Å². The molecule has 3 saturated heterocycles. The van der Waals surface area contributed by atoms with Crippen LogP contribution in [-0.2, 0) is 6.54 Å². The Kier molecular flexibility index (Phi) is 3.53. The zero-order valence-corrected chi connectivity index (χ0v) is 12.3. The Morgan fingerprint density at radius 2 is 1.86 bits per heavy atom. The van der Waals surface area contributed by atoms with Gasteiger partial charge in [0.05, 0.1) is 6.54 Å². The van der Waals surface area contributed by atoms with Crippen molar-refractivity contribution in [2.45, 2.75) is 25.4 Å². The van der Waals surface area contributed by atoms with Crippen LogP contribution in [0.1, 0.15) is 18.6 Å². The molecule has 5 rings (SSSR count). The van der Waals surface area contributed by atoms with Crippen molar-refractivity contribution in [2.24, 2.45) is 5.92 Å². The average Bonchev–Trinajstić information content (AvgIpc) is 3.04. The first kappa shape index (κ1) is 13.1. The molecule has 110 valence electrons. The Morgan fingerprint density at radius 3 is 2.57 bits per heavy atom. The van der Waals surface area contributed by atoms with Gasteiger partial charge >= 0.3 is 0 Å². The highest BCUT2D eigenvalue weighted by Gasteiger charge is 2.33. The van der Waals surface area contributed by atoms with Gasteiger partial charge in [0.15, 0.2) is 0 Å². The molecule has 3 fully saturated rings. The summed E-state index contributed by atoms with van der Waals surface area (Å²) in [6.45, 7) is 4.63. The summed E-state index contributed by atoms with van der Waals surface area (Å²) in [6, 6.07) is 15.1. The summed E-state index contributed by atoms with van der Waals surface area (Å²) in [4.78, 5) is 2.58. The van der Waals surface area contributed by atoms with Gasteiger partial charge in [-0.05, 0) is 44.0 Å². The molecule has 3 aliphatic heterocycles. The Balaban J connectivity index is 1.39. The van der Waals surface area contributed by atoms with Gasteiger partial charge in [0.1, 0.15) is 11.5 Å². The minimum atomic E-state index is 0.637. The van der Waals surface area contributed by atoms with Crippen molar-refractivity contribution in [2.75, 3.05) is 19.6 Å². The number of rotatable bonds is 4. The first-order valence-corrected chi connectivity index (χ1v) is 7.98. The SMILES string of the molecule is c1ccc(-c2ccc(CNC3CN4CCC3CC4)o2)cc1. The van der Waals surface area contributed by atoms with E-state index in [2.05, 4.69) is 34.5 Å². The van der Waals surface area contributed by atoms with E-state index >= 15 is 0 Å². The molecule has 0 saturated carbocycles. The first-order chi connectivity index (χ1) is 10.4. The molecule has 1 N–H and O–H groups in total. The van der Waals surface area contributed by atoms with Crippen LogP contribution in [0.3, 0.4) is 0 Å². The molecular weight excluding hydrogens is 260 g/mol. The third kappa shape index (κ3) is 2.76. The van der Waals surface area contributed by atoms with Crippen LogP contribution in [0, 0.1) is 5.92 Å². The van der Waals surface area contributed by atoms with Crippen molar-refractivity contribution in [3.8, 4) is 11.3 Å². The van der Waals surface area contributed by atoms with E-state index in [-0.39, 0.29) is 0 Å². The van der Waals surface area contributed by atoms with Crippen LogP contribution in [0.25, 0.3) is 11.3 Å². The van der Waals surface area contributed by atoms with Crippen molar-refractivity contribution in [3.05, 3.63) is 48.2 Å². The lowest BCUT2D eigenvalue weighted by Gasteiger charge is -2.45. The Morgan fingerprint density at radius 1 is 1.05 bits per heavy atom. The number of nitrogens with zero attached hydrogens (tertiary/aromatic N) is 1.